The summed E-state index contributed by atoms with van der Waals surface area (Å²) in [6.45, 7) is 0. The average molecular weight is 202 g/mol. The molecule has 0 aromatic heterocycles. The Kier molecular flexibility index (Phi) is 8.86. The van der Waals surface area contributed by atoms with Crippen LogP contribution in [0.15, 0.2) is 0 Å². The van der Waals surface area contributed by atoms with Gasteiger partial charge in [-0.2, -0.15) is 13.5 Å². The largest absolute Gasteiger partial charge is 0.504 e. The molecule has 6 heteroatoms. The smallest absolute Gasteiger partial charge is 0.377 e. The highest BCUT2D eigenvalue weighted by atomic mass is 32.1. The van der Waals surface area contributed by atoms with E-state index in [9.17, 15) is 0 Å². The Labute approximate surface area is 72.4 Å². The van der Waals surface area contributed by atoms with E-state index in [2.05, 4.69) is 9.24 Å². The predicted molar refractivity (Wildman–Crippen MR) is 51.7 cm³/mol. The molecular weight excluding hydrogens is 187 g/mol. The van der Waals surface area contributed by atoms with Gasteiger partial charge in [-0.3, -0.25) is 0 Å². The van der Waals surface area contributed by atoms with Gasteiger partial charge in [0.05, 0.1) is 0 Å². The van der Waals surface area contributed by atoms with Crippen molar-refractivity contribution in [1.82, 2.24) is 0 Å². The van der Waals surface area contributed by atoms with Gasteiger partial charge in [-0.1, -0.05) is 0 Å². The monoisotopic (exact) mass is 202 g/mol. The summed E-state index contributed by atoms with van der Waals surface area (Å²) >= 11 is 0. The fourth-order valence-electron chi connectivity index (χ4n) is 0.500. The summed E-state index contributed by atoms with van der Waals surface area (Å²) in [5, 5.41) is 0. The van der Waals surface area contributed by atoms with E-state index in [-0.39, 0.29) is 13.5 Å². The first-order valence-corrected chi connectivity index (χ1v) is 5.35. The molecule has 0 saturated heterocycles. The fraction of sp³-hybridized carbons (Fsp3) is 1.00. The van der Waals surface area contributed by atoms with Gasteiger partial charge in [0.15, 0.2) is 0 Å². The molecule has 0 aromatic rings. The lowest BCUT2D eigenvalue weighted by atomic mass is 11.8. The van der Waals surface area contributed by atoms with E-state index >= 15 is 0 Å². The molecule has 3 nitrogen and oxygen atoms in total. The molecule has 0 aliphatic rings. The minimum absolute atomic E-state index is 0. The third-order valence-electron chi connectivity index (χ3n) is 1.18. The zero-order valence-corrected chi connectivity index (χ0v) is 9.66. The topological polar surface area (TPSA) is 27.7 Å². The Balaban J connectivity index is 0. The van der Waals surface area contributed by atoms with Gasteiger partial charge in [0.1, 0.15) is 0 Å². The average Bonchev–Trinajstić information content (AvgIpc) is 1.95. The molecule has 0 rings (SSSR count). The van der Waals surface area contributed by atoms with Gasteiger partial charge in [-0.05, 0) is 0 Å². The molecule has 0 fully saturated rings. The second-order valence-corrected chi connectivity index (χ2v) is 5.72. The van der Waals surface area contributed by atoms with Crippen molar-refractivity contribution in [3.8, 4) is 0 Å². The molecule has 10 heavy (non-hydrogen) atoms. The molecule has 0 saturated carbocycles. The first-order chi connectivity index (χ1) is 4.24. The van der Waals surface area contributed by atoms with Gasteiger partial charge in [0, 0.05) is 27.1 Å². The summed E-state index contributed by atoms with van der Waals surface area (Å²) in [7, 11) is 5.12. The predicted octanol–water partition coefficient (Wildman–Crippen LogP) is 0.392. The summed E-state index contributed by atoms with van der Waals surface area (Å²) in [5.74, 6) is 0.733. The highest BCUT2D eigenvalue weighted by molar-refractivity contribution is 7.59. The molecule has 0 N–H and O–H groups in total. The molecular formula is C4H15O3PSSi. The van der Waals surface area contributed by atoms with Crippen molar-refractivity contribution in [2.75, 3.05) is 27.1 Å². The van der Waals surface area contributed by atoms with Crippen molar-refractivity contribution < 1.29 is 13.3 Å². The van der Waals surface area contributed by atoms with Gasteiger partial charge in [-0.25, -0.2) is 0 Å². The van der Waals surface area contributed by atoms with Crippen LogP contribution in [0, 0.1) is 0 Å². The third kappa shape index (κ3) is 3.32. The van der Waals surface area contributed by atoms with Gasteiger partial charge >= 0.3 is 8.80 Å². The molecule has 0 aliphatic heterocycles. The Morgan fingerprint density at radius 1 is 1.10 bits per heavy atom. The Hall–Kier alpha value is 0.877. The molecule has 0 spiro atoms. The zero-order chi connectivity index (χ0) is 7.33. The minimum Gasteiger partial charge on any atom is -0.377 e. The zero-order valence-electron chi connectivity index (χ0n) is 6.51. The number of hydrogen-bond acceptors (Lipinski definition) is 3. The van der Waals surface area contributed by atoms with Crippen LogP contribution in [0.25, 0.3) is 0 Å². The molecule has 0 bridgehead atoms. The molecule has 0 aliphatic carbocycles. The Morgan fingerprint density at radius 2 is 1.40 bits per heavy atom. The van der Waals surface area contributed by atoms with E-state index in [0.717, 1.165) is 5.79 Å². The maximum Gasteiger partial charge on any atom is 0.504 e. The highest BCUT2D eigenvalue weighted by Crippen LogP contribution is 2.08. The standard InChI is InChI=1S/C4H13O3PSi.H2S/c1-5-9(4-8,6-2)7-3;/h4,8H2,1-3H3;1H2. The van der Waals surface area contributed by atoms with Crippen LogP contribution in [0.5, 0.6) is 0 Å². The van der Waals surface area contributed by atoms with Crippen molar-refractivity contribution in [2.45, 2.75) is 0 Å². The summed E-state index contributed by atoms with van der Waals surface area (Å²) in [5.41, 5.74) is 0. The van der Waals surface area contributed by atoms with Crippen molar-refractivity contribution >= 4 is 31.5 Å². The molecule has 1 atom stereocenters. The quantitative estimate of drug-likeness (QED) is 0.487. The lowest BCUT2D eigenvalue weighted by molar-refractivity contribution is 0.130. The molecule has 64 valence electrons. The summed E-state index contributed by atoms with van der Waals surface area (Å²) in [6, 6.07) is 0. The van der Waals surface area contributed by atoms with Crippen LogP contribution in [-0.4, -0.2) is 35.9 Å². The van der Waals surface area contributed by atoms with Crippen molar-refractivity contribution in [3.63, 3.8) is 0 Å². The van der Waals surface area contributed by atoms with E-state index in [1.165, 1.54) is 0 Å². The first kappa shape index (κ1) is 13.5. The molecule has 1 unspecified atom stereocenters. The summed E-state index contributed by atoms with van der Waals surface area (Å²) < 4.78 is 15.2. The second-order valence-electron chi connectivity index (χ2n) is 1.50. The van der Waals surface area contributed by atoms with E-state index in [0.29, 0.717) is 0 Å². The fourth-order valence-corrected chi connectivity index (χ4v) is 3.00. The molecule has 0 amide bonds. The minimum atomic E-state index is -2.23. The van der Waals surface area contributed by atoms with Gasteiger partial charge in [-0.15, -0.1) is 9.24 Å². The van der Waals surface area contributed by atoms with Crippen LogP contribution >= 0.6 is 22.7 Å². The van der Waals surface area contributed by atoms with Crippen molar-refractivity contribution in [1.29, 1.82) is 0 Å². The molecule has 0 aromatic carbocycles. The lowest BCUT2D eigenvalue weighted by Gasteiger charge is -2.21. The normalized spacial score (nSPS) is 10.8. The van der Waals surface area contributed by atoms with Crippen LogP contribution in [0.3, 0.4) is 0 Å². The van der Waals surface area contributed by atoms with Crippen molar-refractivity contribution in [3.05, 3.63) is 0 Å². The lowest BCUT2D eigenvalue weighted by Crippen LogP contribution is -2.45. The SMILES string of the molecule is CO[Si](CP)(OC)OC.S. The van der Waals surface area contributed by atoms with Crippen LogP contribution in [0.4, 0.5) is 0 Å². The Morgan fingerprint density at radius 3 is 1.40 bits per heavy atom. The summed E-state index contributed by atoms with van der Waals surface area (Å²) in [6.07, 6.45) is 0. The summed E-state index contributed by atoms with van der Waals surface area (Å²) in [4.78, 5) is 0. The molecule has 0 radical (unpaired) electrons. The number of hydrogen-bond donors (Lipinski definition) is 0. The maximum atomic E-state index is 5.06. The Bertz CT molecular complexity index is 63.4. The highest BCUT2D eigenvalue weighted by Gasteiger charge is 2.34. The van der Waals surface area contributed by atoms with Gasteiger partial charge in [0.25, 0.3) is 0 Å². The van der Waals surface area contributed by atoms with E-state index in [4.69, 9.17) is 13.3 Å². The third-order valence-corrected chi connectivity index (χ3v) is 5.05. The van der Waals surface area contributed by atoms with Crippen LogP contribution in [0.1, 0.15) is 0 Å². The van der Waals surface area contributed by atoms with Crippen molar-refractivity contribution in [2.24, 2.45) is 0 Å². The first-order valence-electron chi connectivity index (χ1n) is 2.60. The van der Waals surface area contributed by atoms with E-state index in [1.807, 2.05) is 0 Å². The van der Waals surface area contributed by atoms with Crippen LogP contribution < -0.4 is 0 Å². The number of rotatable bonds is 4. The van der Waals surface area contributed by atoms with Gasteiger partial charge in [0.2, 0.25) is 0 Å². The van der Waals surface area contributed by atoms with Crippen LogP contribution in [0.2, 0.25) is 0 Å². The van der Waals surface area contributed by atoms with E-state index < -0.39 is 8.80 Å². The maximum absolute atomic E-state index is 5.06. The second kappa shape index (κ2) is 6.58. The van der Waals surface area contributed by atoms with E-state index in [1.54, 1.807) is 21.3 Å². The van der Waals surface area contributed by atoms with Gasteiger partial charge < -0.3 is 13.3 Å². The van der Waals surface area contributed by atoms with Crippen LogP contribution in [-0.2, 0) is 13.3 Å². The molecule has 0 heterocycles.